The van der Waals surface area contributed by atoms with E-state index in [0.717, 1.165) is 103 Å². The van der Waals surface area contributed by atoms with E-state index >= 15 is 0 Å². The summed E-state index contributed by atoms with van der Waals surface area (Å²) >= 11 is 0. The first-order valence-corrected chi connectivity index (χ1v) is 28.9. The Morgan fingerprint density at radius 1 is 0.571 bits per heavy atom. The standard InChI is InChI=1S/C59H107NO10/c1-4-7-10-13-16-19-22-24-25-26-27-29-32-35-38-41-44-47-54(64)70-57-56(66)55(65)53(48-61)69-59(57)68-49-50(51(62)45-42-39-36-33-30-21-18-15-12-9-6-3)60-58(67)52(63)46-43-40-37-34-31-28-23-20-17-14-11-8-5-2/h8,11,17,20,24-25,42,45,50-53,55-57,59,61-63,65-66H,4-7,9-10,12-16,18-19,21-23,26-41,43-44,46-49H2,1-3H3,(H,60,67)/b11-8+,20-17+,25-24+,45-42+. The van der Waals surface area contributed by atoms with Crippen molar-refractivity contribution in [2.24, 2.45) is 0 Å². The predicted molar refractivity (Wildman–Crippen MR) is 287 cm³/mol. The highest BCUT2D eigenvalue weighted by Crippen LogP contribution is 2.26. The van der Waals surface area contributed by atoms with E-state index in [2.05, 4.69) is 62.5 Å². The van der Waals surface area contributed by atoms with Crippen LogP contribution in [0.2, 0.25) is 0 Å². The topological polar surface area (TPSA) is 175 Å². The zero-order chi connectivity index (χ0) is 51.1. The summed E-state index contributed by atoms with van der Waals surface area (Å²) in [5.74, 6) is -1.21. The van der Waals surface area contributed by atoms with Gasteiger partial charge in [0.05, 0.1) is 25.4 Å². The second kappa shape index (κ2) is 47.6. The molecule has 1 aliphatic heterocycles. The van der Waals surface area contributed by atoms with Gasteiger partial charge in [0.15, 0.2) is 12.4 Å². The molecule has 8 unspecified atom stereocenters. The highest BCUT2D eigenvalue weighted by molar-refractivity contribution is 5.80. The molecule has 0 bridgehead atoms. The maximum atomic E-state index is 13.3. The first-order chi connectivity index (χ1) is 34.2. The average Bonchev–Trinajstić information content (AvgIpc) is 3.36. The van der Waals surface area contributed by atoms with Crippen molar-refractivity contribution in [2.75, 3.05) is 13.2 Å². The molecular weight excluding hydrogens is 883 g/mol. The molecule has 1 fully saturated rings. The summed E-state index contributed by atoms with van der Waals surface area (Å²) in [6.45, 7) is 5.65. The van der Waals surface area contributed by atoms with Gasteiger partial charge in [-0.25, -0.2) is 0 Å². The second-order valence-electron chi connectivity index (χ2n) is 20.0. The highest BCUT2D eigenvalue weighted by Gasteiger charge is 2.47. The Hall–Kier alpha value is -2.38. The van der Waals surface area contributed by atoms with E-state index in [4.69, 9.17) is 14.2 Å². The zero-order valence-electron chi connectivity index (χ0n) is 44.9. The largest absolute Gasteiger partial charge is 0.454 e. The van der Waals surface area contributed by atoms with Gasteiger partial charge < -0.3 is 45.1 Å². The molecule has 8 atom stereocenters. The van der Waals surface area contributed by atoms with Crippen molar-refractivity contribution in [3.63, 3.8) is 0 Å². The number of aliphatic hydroxyl groups is 5. The molecule has 0 radical (unpaired) electrons. The van der Waals surface area contributed by atoms with Crippen molar-refractivity contribution < 1.29 is 49.3 Å². The third-order valence-corrected chi connectivity index (χ3v) is 13.5. The van der Waals surface area contributed by atoms with Crippen molar-refractivity contribution in [1.29, 1.82) is 0 Å². The van der Waals surface area contributed by atoms with E-state index in [1.807, 2.05) is 6.08 Å². The van der Waals surface area contributed by atoms with Crippen LogP contribution in [0.15, 0.2) is 48.6 Å². The molecule has 11 nitrogen and oxygen atoms in total. The van der Waals surface area contributed by atoms with Gasteiger partial charge in [0.1, 0.15) is 24.4 Å². The molecule has 0 spiro atoms. The van der Waals surface area contributed by atoms with Gasteiger partial charge in [-0.1, -0.05) is 217 Å². The average molecular weight is 991 g/mol. The van der Waals surface area contributed by atoms with Crippen LogP contribution in [-0.4, -0.2) is 99.6 Å². The van der Waals surface area contributed by atoms with Crippen molar-refractivity contribution in [3.05, 3.63) is 48.6 Å². The molecule has 0 saturated carbocycles. The van der Waals surface area contributed by atoms with E-state index in [1.165, 1.54) is 103 Å². The van der Waals surface area contributed by atoms with Crippen LogP contribution in [0, 0.1) is 0 Å². The fourth-order valence-electron chi connectivity index (χ4n) is 8.86. The quantitative estimate of drug-likeness (QED) is 0.0196. The van der Waals surface area contributed by atoms with Crippen molar-refractivity contribution in [3.8, 4) is 0 Å². The second-order valence-corrected chi connectivity index (χ2v) is 20.0. The SMILES string of the molecule is CC/C=C/C/C=C/CCCCCCCCC(O)C(=O)NC(COC1OC(CO)C(O)C(O)C1OC(=O)CCCCCCCCC/C=C/CCCCCCCC)C(O)/C=C/CCCCCCCCCCC. The first kappa shape index (κ1) is 65.6. The number of nitrogens with one attached hydrogen (secondary N) is 1. The number of amides is 1. The minimum atomic E-state index is -1.61. The molecule has 1 heterocycles. The maximum Gasteiger partial charge on any atom is 0.306 e. The molecule has 1 saturated heterocycles. The van der Waals surface area contributed by atoms with E-state index in [1.54, 1.807) is 6.08 Å². The predicted octanol–water partition coefficient (Wildman–Crippen LogP) is 12.9. The summed E-state index contributed by atoms with van der Waals surface area (Å²) in [5, 5.41) is 56.8. The molecule has 1 amide bonds. The smallest absolute Gasteiger partial charge is 0.306 e. The lowest BCUT2D eigenvalue weighted by Gasteiger charge is -2.41. The van der Waals surface area contributed by atoms with Crippen LogP contribution < -0.4 is 5.32 Å². The van der Waals surface area contributed by atoms with Gasteiger partial charge in [-0.05, 0) is 77.0 Å². The third-order valence-electron chi connectivity index (χ3n) is 13.5. The van der Waals surface area contributed by atoms with Crippen LogP contribution in [0.1, 0.15) is 252 Å². The van der Waals surface area contributed by atoms with Gasteiger partial charge in [-0.15, -0.1) is 0 Å². The van der Waals surface area contributed by atoms with E-state index in [-0.39, 0.29) is 19.4 Å². The van der Waals surface area contributed by atoms with Gasteiger partial charge in [-0.3, -0.25) is 9.59 Å². The van der Waals surface area contributed by atoms with Crippen LogP contribution >= 0.6 is 0 Å². The van der Waals surface area contributed by atoms with Crippen LogP contribution in [0.25, 0.3) is 0 Å². The first-order valence-electron chi connectivity index (χ1n) is 28.9. The number of hydrogen-bond acceptors (Lipinski definition) is 10. The minimum Gasteiger partial charge on any atom is -0.454 e. The molecule has 0 aromatic carbocycles. The Morgan fingerprint density at radius 3 is 1.54 bits per heavy atom. The lowest BCUT2D eigenvalue weighted by molar-refractivity contribution is -0.305. The van der Waals surface area contributed by atoms with Crippen LogP contribution in [0.4, 0.5) is 0 Å². The molecule has 11 heteroatoms. The fourth-order valence-corrected chi connectivity index (χ4v) is 8.86. The molecule has 0 aromatic rings. The number of aliphatic hydroxyl groups excluding tert-OH is 5. The number of ether oxygens (including phenoxy) is 3. The van der Waals surface area contributed by atoms with Crippen molar-refractivity contribution >= 4 is 11.9 Å². The lowest BCUT2D eigenvalue weighted by Crippen LogP contribution is -2.61. The molecule has 1 aliphatic rings. The normalized spacial score (nSPS) is 20.0. The van der Waals surface area contributed by atoms with E-state index in [0.29, 0.717) is 12.8 Å². The lowest BCUT2D eigenvalue weighted by atomic mass is 9.99. The molecule has 1 rings (SSSR count). The summed E-state index contributed by atoms with van der Waals surface area (Å²) in [6, 6.07) is -1.03. The Morgan fingerprint density at radius 2 is 1.03 bits per heavy atom. The fraction of sp³-hybridized carbons (Fsp3) is 0.831. The Kier molecular flexibility index (Phi) is 44.6. The van der Waals surface area contributed by atoms with Crippen LogP contribution in [-0.2, 0) is 23.8 Å². The van der Waals surface area contributed by atoms with E-state index < -0.39 is 67.4 Å². The monoisotopic (exact) mass is 990 g/mol. The number of carbonyl (C=O) groups excluding carboxylic acids is 2. The van der Waals surface area contributed by atoms with Gasteiger partial charge in [0, 0.05) is 6.42 Å². The number of hydrogen-bond donors (Lipinski definition) is 6. The summed E-state index contributed by atoms with van der Waals surface area (Å²) in [6.07, 6.45) is 45.8. The van der Waals surface area contributed by atoms with Gasteiger partial charge in [-0.2, -0.15) is 0 Å². The number of carbonyl (C=O) groups is 2. The summed E-state index contributed by atoms with van der Waals surface area (Å²) in [7, 11) is 0. The highest BCUT2D eigenvalue weighted by atomic mass is 16.7. The number of unbranched alkanes of at least 4 members (excludes halogenated alkanes) is 28. The molecule has 70 heavy (non-hydrogen) atoms. The Labute approximate surface area is 427 Å². The maximum absolute atomic E-state index is 13.3. The third kappa shape index (κ3) is 35.7. The van der Waals surface area contributed by atoms with Crippen molar-refractivity contribution in [2.45, 2.75) is 301 Å². The molecular formula is C59H107NO10. The number of allylic oxidation sites excluding steroid dienone is 7. The van der Waals surface area contributed by atoms with Crippen LogP contribution in [0.3, 0.4) is 0 Å². The summed E-state index contributed by atoms with van der Waals surface area (Å²) in [4.78, 5) is 26.4. The minimum absolute atomic E-state index is 0.118. The number of esters is 1. The van der Waals surface area contributed by atoms with Crippen LogP contribution in [0.5, 0.6) is 0 Å². The van der Waals surface area contributed by atoms with Gasteiger partial charge in [0.2, 0.25) is 5.91 Å². The Balaban J connectivity index is 2.71. The van der Waals surface area contributed by atoms with Gasteiger partial charge in [0.25, 0.3) is 0 Å². The summed E-state index contributed by atoms with van der Waals surface area (Å²) < 4.78 is 17.6. The summed E-state index contributed by atoms with van der Waals surface area (Å²) in [5.41, 5.74) is 0. The molecule has 0 aromatic heterocycles. The molecule has 6 N–H and O–H groups in total. The molecule has 0 aliphatic carbocycles. The van der Waals surface area contributed by atoms with E-state index in [9.17, 15) is 35.1 Å². The Bertz CT molecular complexity index is 1320. The zero-order valence-corrected chi connectivity index (χ0v) is 44.9. The number of rotatable bonds is 48. The van der Waals surface area contributed by atoms with Crippen molar-refractivity contribution in [1.82, 2.24) is 5.32 Å². The molecule has 408 valence electrons. The van der Waals surface area contributed by atoms with Gasteiger partial charge >= 0.3 is 5.97 Å².